The average molecular weight is 367 g/mol. The van der Waals surface area contributed by atoms with E-state index in [9.17, 15) is 14.4 Å². The highest BCUT2D eigenvalue weighted by molar-refractivity contribution is 5.87. The van der Waals surface area contributed by atoms with E-state index in [1.165, 1.54) is 6.20 Å². The van der Waals surface area contributed by atoms with Crippen LogP contribution in [0.5, 0.6) is 0 Å². The van der Waals surface area contributed by atoms with Crippen molar-refractivity contribution in [2.75, 3.05) is 6.54 Å². The van der Waals surface area contributed by atoms with E-state index in [2.05, 4.69) is 10.3 Å². The van der Waals surface area contributed by atoms with Gasteiger partial charge < -0.3 is 20.1 Å². The fraction of sp³-hybridized carbons (Fsp3) is 0.688. The summed E-state index contributed by atoms with van der Waals surface area (Å²) in [6.07, 6.45) is 1.84. The Hall–Kier alpha value is -2.65. The van der Waals surface area contributed by atoms with Gasteiger partial charge in [-0.15, -0.1) is 5.10 Å². The smallest absolute Gasteiger partial charge is 0.410 e. The van der Waals surface area contributed by atoms with Crippen molar-refractivity contribution >= 4 is 18.0 Å². The second kappa shape index (κ2) is 7.71. The number of ether oxygens (including phenoxy) is 2. The minimum Gasteiger partial charge on any atom is -0.456 e. The molecule has 0 aliphatic carbocycles. The van der Waals surface area contributed by atoms with E-state index in [1.807, 2.05) is 0 Å². The maximum Gasteiger partial charge on any atom is 0.410 e. The number of carbonyl (C=O) groups excluding carboxylic acids is 3. The summed E-state index contributed by atoms with van der Waals surface area (Å²) in [6.45, 7) is 7.50. The van der Waals surface area contributed by atoms with Gasteiger partial charge in [-0.1, -0.05) is 5.21 Å². The number of primary amides is 1. The van der Waals surface area contributed by atoms with E-state index in [4.69, 9.17) is 15.2 Å². The number of aromatic nitrogens is 3. The normalized spacial score (nSPS) is 18.5. The van der Waals surface area contributed by atoms with Gasteiger partial charge in [0.2, 0.25) is 5.91 Å². The highest BCUT2D eigenvalue weighted by atomic mass is 16.6. The molecule has 2 atom stereocenters. The quantitative estimate of drug-likeness (QED) is 0.758. The topological polar surface area (TPSA) is 130 Å². The Kier molecular flexibility index (Phi) is 5.83. The standard InChI is InChI=1S/C16H25N5O5/c1-10(12-6-5-7-21(12)15(24)26-16(2,3)4)25-14(23)11-8-20(19-18-11)9-13(17)22/h8,10,12H,5-7,9H2,1-4H3,(H2,17,22)/t10-,12-/m0/s1. The number of rotatable bonds is 5. The summed E-state index contributed by atoms with van der Waals surface area (Å²) in [5, 5.41) is 7.32. The van der Waals surface area contributed by atoms with Gasteiger partial charge in [-0.2, -0.15) is 0 Å². The van der Waals surface area contributed by atoms with Crippen LogP contribution in [-0.2, 0) is 20.8 Å². The number of carbonyl (C=O) groups is 3. The largest absolute Gasteiger partial charge is 0.456 e. The summed E-state index contributed by atoms with van der Waals surface area (Å²) in [5.41, 5.74) is 4.45. The molecule has 0 unspecified atom stereocenters. The molecule has 1 aliphatic heterocycles. The van der Waals surface area contributed by atoms with Gasteiger partial charge in [0.15, 0.2) is 5.69 Å². The van der Waals surface area contributed by atoms with Crippen LogP contribution in [0.25, 0.3) is 0 Å². The third kappa shape index (κ3) is 5.17. The second-order valence-corrected chi connectivity index (χ2v) is 7.26. The Morgan fingerprint density at radius 2 is 2.08 bits per heavy atom. The number of nitrogens with two attached hydrogens (primary N) is 1. The van der Waals surface area contributed by atoms with Crippen molar-refractivity contribution in [1.29, 1.82) is 0 Å². The first kappa shape index (κ1) is 19.7. The third-order valence-electron chi connectivity index (χ3n) is 3.83. The van der Waals surface area contributed by atoms with Crippen LogP contribution in [-0.4, -0.2) is 62.2 Å². The van der Waals surface area contributed by atoms with Crippen LogP contribution in [0.2, 0.25) is 0 Å². The molecule has 1 fully saturated rings. The molecular formula is C16H25N5O5. The van der Waals surface area contributed by atoms with Gasteiger partial charge in [0.1, 0.15) is 18.2 Å². The maximum absolute atomic E-state index is 12.3. The molecule has 2 heterocycles. The van der Waals surface area contributed by atoms with Crippen LogP contribution in [0.3, 0.4) is 0 Å². The molecule has 2 N–H and O–H groups in total. The van der Waals surface area contributed by atoms with Crippen molar-refractivity contribution < 1.29 is 23.9 Å². The lowest BCUT2D eigenvalue weighted by molar-refractivity contribution is -0.118. The van der Waals surface area contributed by atoms with E-state index < -0.39 is 29.7 Å². The first-order valence-corrected chi connectivity index (χ1v) is 8.46. The van der Waals surface area contributed by atoms with Crippen molar-refractivity contribution in [2.45, 2.75) is 64.8 Å². The molecule has 26 heavy (non-hydrogen) atoms. The van der Waals surface area contributed by atoms with Gasteiger partial charge in [-0.3, -0.25) is 4.79 Å². The lowest BCUT2D eigenvalue weighted by Crippen LogP contribution is -2.45. The van der Waals surface area contributed by atoms with Crippen molar-refractivity contribution in [2.24, 2.45) is 5.73 Å². The molecule has 0 radical (unpaired) electrons. The minimum atomic E-state index is -0.677. The molecule has 0 bridgehead atoms. The molecule has 0 spiro atoms. The number of hydrogen-bond acceptors (Lipinski definition) is 7. The third-order valence-corrected chi connectivity index (χ3v) is 3.83. The Morgan fingerprint density at radius 3 is 2.69 bits per heavy atom. The van der Waals surface area contributed by atoms with Gasteiger partial charge in [0, 0.05) is 6.54 Å². The molecule has 1 aromatic heterocycles. The summed E-state index contributed by atoms with van der Waals surface area (Å²) in [5.74, 6) is -1.27. The van der Waals surface area contributed by atoms with Gasteiger partial charge in [-0.05, 0) is 40.5 Å². The molecule has 1 aliphatic rings. The molecule has 144 valence electrons. The molecule has 0 saturated carbocycles. The molecular weight excluding hydrogens is 342 g/mol. The highest BCUT2D eigenvalue weighted by Gasteiger charge is 2.37. The van der Waals surface area contributed by atoms with E-state index in [-0.39, 0.29) is 18.3 Å². The van der Waals surface area contributed by atoms with E-state index >= 15 is 0 Å². The Morgan fingerprint density at radius 1 is 1.38 bits per heavy atom. The number of likely N-dealkylation sites (tertiary alicyclic amines) is 1. The van der Waals surface area contributed by atoms with Crippen LogP contribution in [0.4, 0.5) is 4.79 Å². The summed E-state index contributed by atoms with van der Waals surface area (Å²) >= 11 is 0. The molecule has 1 saturated heterocycles. The SMILES string of the molecule is C[C@H](OC(=O)c1cn(CC(N)=O)nn1)[C@@H]1CCCN1C(=O)OC(C)(C)C. The van der Waals surface area contributed by atoms with Gasteiger partial charge in [-0.25, -0.2) is 14.3 Å². The lowest BCUT2D eigenvalue weighted by atomic mass is 10.1. The fourth-order valence-corrected chi connectivity index (χ4v) is 2.76. The zero-order chi connectivity index (χ0) is 19.5. The predicted molar refractivity (Wildman–Crippen MR) is 90.1 cm³/mol. The first-order valence-electron chi connectivity index (χ1n) is 8.46. The predicted octanol–water partition coefficient (Wildman–Crippen LogP) is 0.708. The Balaban J connectivity index is 1.98. The van der Waals surface area contributed by atoms with Crippen molar-refractivity contribution in [1.82, 2.24) is 19.9 Å². The van der Waals surface area contributed by atoms with Gasteiger partial charge >= 0.3 is 12.1 Å². The monoisotopic (exact) mass is 367 g/mol. The molecule has 2 rings (SSSR count). The summed E-state index contributed by atoms with van der Waals surface area (Å²) in [6, 6.07) is -0.269. The van der Waals surface area contributed by atoms with Crippen molar-refractivity contribution in [3.63, 3.8) is 0 Å². The lowest BCUT2D eigenvalue weighted by Gasteiger charge is -2.31. The Bertz CT molecular complexity index is 681. The van der Waals surface area contributed by atoms with Crippen LogP contribution >= 0.6 is 0 Å². The van der Waals surface area contributed by atoms with E-state index in [0.717, 1.165) is 11.1 Å². The van der Waals surface area contributed by atoms with Crippen LogP contribution in [0.15, 0.2) is 6.20 Å². The average Bonchev–Trinajstić information content (AvgIpc) is 3.13. The highest BCUT2D eigenvalue weighted by Crippen LogP contribution is 2.24. The number of amides is 2. The van der Waals surface area contributed by atoms with Crippen LogP contribution in [0, 0.1) is 0 Å². The number of hydrogen-bond donors (Lipinski definition) is 1. The number of esters is 1. The molecule has 10 heteroatoms. The zero-order valence-electron chi connectivity index (χ0n) is 15.5. The van der Waals surface area contributed by atoms with E-state index in [1.54, 1.807) is 32.6 Å². The van der Waals surface area contributed by atoms with Crippen molar-refractivity contribution in [3.8, 4) is 0 Å². The molecule has 1 aromatic rings. The fourth-order valence-electron chi connectivity index (χ4n) is 2.76. The van der Waals surface area contributed by atoms with Crippen LogP contribution < -0.4 is 5.73 Å². The first-order chi connectivity index (χ1) is 12.1. The Labute approximate surface area is 151 Å². The summed E-state index contributed by atoms with van der Waals surface area (Å²) < 4.78 is 12.0. The second-order valence-electron chi connectivity index (χ2n) is 7.26. The summed E-state index contributed by atoms with van der Waals surface area (Å²) in [7, 11) is 0. The van der Waals surface area contributed by atoms with Crippen LogP contribution in [0.1, 0.15) is 51.0 Å². The zero-order valence-corrected chi connectivity index (χ0v) is 15.5. The van der Waals surface area contributed by atoms with Gasteiger partial charge in [0.05, 0.1) is 12.2 Å². The number of nitrogens with zero attached hydrogens (tertiary/aromatic N) is 4. The maximum atomic E-state index is 12.3. The summed E-state index contributed by atoms with van der Waals surface area (Å²) in [4.78, 5) is 37.0. The molecule has 0 aromatic carbocycles. The van der Waals surface area contributed by atoms with E-state index in [0.29, 0.717) is 13.0 Å². The molecule has 10 nitrogen and oxygen atoms in total. The van der Waals surface area contributed by atoms with Gasteiger partial charge in [0.25, 0.3) is 0 Å². The minimum absolute atomic E-state index is 0.0279. The molecule has 2 amide bonds. The van der Waals surface area contributed by atoms with Crippen molar-refractivity contribution in [3.05, 3.63) is 11.9 Å².